The molecule has 1 atom stereocenters. The third-order valence-corrected chi connectivity index (χ3v) is 6.47. The number of benzene rings is 2. The van der Waals surface area contributed by atoms with E-state index in [1.165, 1.54) is 29.5 Å². The molecule has 0 bridgehead atoms. The molecule has 0 radical (unpaired) electrons. The number of nitrogens with zero attached hydrogens (tertiary/aromatic N) is 1. The molecule has 3 aromatic rings. The van der Waals surface area contributed by atoms with Crippen LogP contribution in [0.1, 0.15) is 36.0 Å². The minimum absolute atomic E-state index is 0.0114. The molecule has 33 heavy (non-hydrogen) atoms. The zero-order valence-electron chi connectivity index (χ0n) is 19.0. The number of thiazole rings is 1. The highest BCUT2D eigenvalue weighted by molar-refractivity contribution is 7.97. The van der Waals surface area contributed by atoms with Gasteiger partial charge in [-0.1, -0.05) is 12.1 Å². The lowest BCUT2D eigenvalue weighted by atomic mass is 10.0. The van der Waals surface area contributed by atoms with Gasteiger partial charge in [-0.05, 0) is 74.7 Å². The first kappa shape index (κ1) is 24.8. The van der Waals surface area contributed by atoms with Crippen LogP contribution in [0.25, 0.3) is 0 Å². The lowest BCUT2D eigenvalue weighted by Crippen LogP contribution is -2.45. The predicted octanol–water partition coefficient (Wildman–Crippen LogP) is 4.53. The van der Waals surface area contributed by atoms with Crippen LogP contribution in [-0.2, 0) is 11.2 Å². The highest BCUT2D eigenvalue weighted by atomic mass is 32.2. The summed E-state index contributed by atoms with van der Waals surface area (Å²) in [5.74, 6) is 0.107. The molecule has 0 saturated heterocycles. The standard InChI is InChI=1S/C24H28N4O3S2/c1-24(2,3)28-33-19-11-7-17(8-12-19)26-22(29)20(27-23(30)21-14-25-15-32-21)13-16-5-9-18(31-4)10-6-16/h5-12,14-15,20,28H,13H2,1-4H3,(H,26,29)(H,27,30)/t20-/m0/s1. The van der Waals surface area contributed by atoms with Crippen LogP contribution < -0.4 is 20.1 Å². The maximum absolute atomic E-state index is 13.1. The number of carbonyl (C=O) groups is 2. The van der Waals surface area contributed by atoms with Gasteiger partial charge in [-0.25, -0.2) is 0 Å². The van der Waals surface area contributed by atoms with Gasteiger partial charge in [0.1, 0.15) is 16.7 Å². The van der Waals surface area contributed by atoms with Crippen LogP contribution in [-0.4, -0.2) is 35.5 Å². The molecule has 7 nitrogen and oxygen atoms in total. The molecular formula is C24H28N4O3S2. The largest absolute Gasteiger partial charge is 0.497 e. The predicted molar refractivity (Wildman–Crippen MR) is 134 cm³/mol. The van der Waals surface area contributed by atoms with Crippen LogP contribution in [0.5, 0.6) is 5.75 Å². The number of carbonyl (C=O) groups excluding carboxylic acids is 2. The molecule has 0 fully saturated rings. The van der Waals surface area contributed by atoms with Crippen molar-refractivity contribution >= 4 is 40.8 Å². The van der Waals surface area contributed by atoms with Crippen molar-refractivity contribution < 1.29 is 14.3 Å². The summed E-state index contributed by atoms with van der Waals surface area (Å²) in [6.07, 6.45) is 1.83. The molecule has 0 spiro atoms. The lowest BCUT2D eigenvalue weighted by Gasteiger charge is -2.20. The number of anilines is 1. The van der Waals surface area contributed by atoms with E-state index in [2.05, 4.69) is 41.1 Å². The van der Waals surface area contributed by atoms with E-state index >= 15 is 0 Å². The number of rotatable bonds is 9. The van der Waals surface area contributed by atoms with Crippen molar-refractivity contribution in [3.8, 4) is 5.75 Å². The van der Waals surface area contributed by atoms with Crippen molar-refractivity contribution in [2.45, 2.75) is 43.7 Å². The summed E-state index contributed by atoms with van der Waals surface area (Å²) in [6.45, 7) is 6.29. The minimum atomic E-state index is -0.760. The van der Waals surface area contributed by atoms with Crippen molar-refractivity contribution in [2.75, 3.05) is 12.4 Å². The third-order valence-electron chi connectivity index (χ3n) is 4.47. The number of ether oxygens (including phenoxy) is 1. The van der Waals surface area contributed by atoms with Crippen LogP contribution in [0.4, 0.5) is 5.69 Å². The highest BCUT2D eigenvalue weighted by Gasteiger charge is 2.23. The van der Waals surface area contributed by atoms with E-state index in [1.54, 1.807) is 12.6 Å². The topological polar surface area (TPSA) is 92.3 Å². The monoisotopic (exact) mass is 484 g/mol. The highest BCUT2D eigenvalue weighted by Crippen LogP contribution is 2.21. The van der Waals surface area contributed by atoms with E-state index in [4.69, 9.17) is 4.74 Å². The second kappa shape index (κ2) is 11.3. The Hall–Kier alpha value is -2.88. The van der Waals surface area contributed by atoms with Crippen molar-refractivity contribution in [3.05, 3.63) is 70.7 Å². The van der Waals surface area contributed by atoms with Gasteiger partial charge in [0.15, 0.2) is 0 Å². The second-order valence-corrected chi connectivity index (χ2v) is 10.2. The third kappa shape index (κ3) is 7.88. The van der Waals surface area contributed by atoms with Crippen LogP contribution in [0.15, 0.2) is 65.1 Å². The summed E-state index contributed by atoms with van der Waals surface area (Å²) in [7, 11) is 1.60. The Labute approximate surface area is 202 Å². The zero-order chi connectivity index (χ0) is 23.8. The first-order chi connectivity index (χ1) is 15.7. The number of nitrogens with one attached hydrogen (secondary N) is 3. The van der Waals surface area contributed by atoms with Crippen LogP contribution >= 0.6 is 23.3 Å². The van der Waals surface area contributed by atoms with Gasteiger partial charge in [-0.15, -0.1) is 11.3 Å². The smallest absolute Gasteiger partial charge is 0.263 e. The summed E-state index contributed by atoms with van der Waals surface area (Å²) in [4.78, 5) is 31.2. The van der Waals surface area contributed by atoms with Crippen LogP contribution in [0.2, 0.25) is 0 Å². The summed E-state index contributed by atoms with van der Waals surface area (Å²) >= 11 is 2.77. The fourth-order valence-electron chi connectivity index (χ4n) is 2.81. The minimum Gasteiger partial charge on any atom is -0.497 e. The fraction of sp³-hybridized carbons (Fsp3) is 0.292. The van der Waals surface area contributed by atoms with Gasteiger partial charge in [0.2, 0.25) is 5.91 Å². The van der Waals surface area contributed by atoms with E-state index in [9.17, 15) is 9.59 Å². The van der Waals surface area contributed by atoms with E-state index < -0.39 is 6.04 Å². The SMILES string of the molecule is COc1ccc(C[C@H](NC(=O)c2cncs2)C(=O)Nc2ccc(SNC(C)(C)C)cc2)cc1. The quantitative estimate of drug-likeness (QED) is 0.387. The number of hydrogen-bond acceptors (Lipinski definition) is 7. The maximum atomic E-state index is 13.1. The number of hydrogen-bond donors (Lipinski definition) is 3. The number of aromatic nitrogens is 1. The van der Waals surface area contributed by atoms with E-state index in [0.717, 1.165) is 16.2 Å². The molecule has 3 rings (SSSR count). The molecule has 2 aromatic carbocycles. The summed E-state index contributed by atoms with van der Waals surface area (Å²) in [5.41, 5.74) is 3.14. The molecule has 1 aromatic heterocycles. The van der Waals surface area contributed by atoms with E-state index in [1.807, 2.05) is 48.5 Å². The average molecular weight is 485 g/mol. The molecule has 2 amide bonds. The van der Waals surface area contributed by atoms with E-state index in [0.29, 0.717) is 17.0 Å². The molecule has 0 aliphatic rings. The number of methoxy groups -OCH3 is 1. The van der Waals surface area contributed by atoms with Crippen molar-refractivity contribution in [1.29, 1.82) is 0 Å². The first-order valence-electron chi connectivity index (χ1n) is 10.4. The fourth-order valence-corrected chi connectivity index (χ4v) is 4.03. The zero-order valence-corrected chi connectivity index (χ0v) is 20.7. The Morgan fingerprint density at radius 3 is 2.36 bits per heavy atom. The lowest BCUT2D eigenvalue weighted by molar-refractivity contribution is -0.118. The molecule has 0 aliphatic heterocycles. The Bertz CT molecular complexity index is 1050. The summed E-state index contributed by atoms with van der Waals surface area (Å²) < 4.78 is 8.55. The first-order valence-corrected chi connectivity index (χ1v) is 12.1. The van der Waals surface area contributed by atoms with Gasteiger partial charge in [-0.2, -0.15) is 0 Å². The molecular weight excluding hydrogens is 456 g/mol. The second-order valence-electron chi connectivity index (χ2n) is 8.41. The maximum Gasteiger partial charge on any atom is 0.263 e. The molecule has 1 heterocycles. The number of amides is 2. The van der Waals surface area contributed by atoms with Crippen molar-refractivity contribution in [3.63, 3.8) is 0 Å². The average Bonchev–Trinajstić information content (AvgIpc) is 3.33. The van der Waals surface area contributed by atoms with Gasteiger partial charge >= 0.3 is 0 Å². The van der Waals surface area contributed by atoms with Crippen molar-refractivity contribution in [2.24, 2.45) is 0 Å². The Morgan fingerprint density at radius 1 is 1.09 bits per heavy atom. The Kier molecular flexibility index (Phi) is 8.49. The summed E-state index contributed by atoms with van der Waals surface area (Å²) in [6, 6.07) is 14.2. The molecule has 0 saturated carbocycles. The molecule has 3 N–H and O–H groups in total. The van der Waals surface area contributed by atoms with Gasteiger partial charge in [0, 0.05) is 22.5 Å². The molecule has 174 valence electrons. The van der Waals surface area contributed by atoms with E-state index in [-0.39, 0.29) is 17.4 Å². The van der Waals surface area contributed by atoms with Gasteiger partial charge in [0.05, 0.1) is 18.8 Å². The van der Waals surface area contributed by atoms with Gasteiger partial charge in [0.25, 0.3) is 5.91 Å². The van der Waals surface area contributed by atoms with Crippen LogP contribution in [0, 0.1) is 0 Å². The molecule has 9 heteroatoms. The van der Waals surface area contributed by atoms with Crippen LogP contribution in [0.3, 0.4) is 0 Å². The molecule has 0 unspecified atom stereocenters. The van der Waals surface area contributed by atoms with Gasteiger partial charge in [-0.3, -0.25) is 19.3 Å². The Morgan fingerprint density at radius 2 is 1.79 bits per heavy atom. The Balaban J connectivity index is 1.70. The summed E-state index contributed by atoms with van der Waals surface area (Å²) in [5, 5.41) is 5.75. The van der Waals surface area contributed by atoms with Gasteiger partial charge < -0.3 is 15.4 Å². The molecule has 0 aliphatic carbocycles. The normalized spacial score (nSPS) is 12.1. The van der Waals surface area contributed by atoms with Crippen molar-refractivity contribution in [1.82, 2.24) is 15.0 Å².